The number of nitrogens with zero attached hydrogens (tertiary/aromatic N) is 3. The van der Waals surface area contributed by atoms with Gasteiger partial charge in [0.2, 0.25) is 5.91 Å². The van der Waals surface area contributed by atoms with Crippen molar-refractivity contribution in [1.29, 1.82) is 5.26 Å². The fourth-order valence-electron chi connectivity index (χ4n) is 1.26. The van der Waals surface area contributed by atoms with Crippen molar-refractivity contribution in [2.45, 2.75) is 19.8 Å². The highest BCUT2D eigenvalue weighted by molar-refractivity contribution is 5.93. The largest absolute Gasteiger partial charge is 0.322 e. The number of carbonyl (C=O) groups excluding carboxylic acids is 1. The quantitative estimate of drug-likeness (QED) is 0.807. The van der Waals surface area contributed by atoms with Crippen LogP contribution in [-0.2, 0) is 11.8 Å². The Balaban J connectivity index is 2.58. The molecule has 0 saturated carbocycles. The molecule has 5 heteroatoms. The number of nitrogens with one attached hydrogen (secondary N) is 1. The Morgan fingerprint density at radius 3 is 3.00 bits per heavy atom. The smallest absolute Gasteiger partial charge is 0.241 e. The molecular formula is C10H14N4O. The molecule has 0 aliphatic heterocycles. The molecule has 1 heterocycles. The third-order valence-electron chi connectivity index (χ3n) is 2.02. The van der Waals surface area contributed by atoms with Gasteiger partial charge in [-0.05, 0) is 6.42 Å². The number of carbonyl (C=O) groups is 1. The van der Waals surface area contributed by atoms with Crippen LogP contribution < -0.4 is 5.32 Å². The highest BCUT2D eigenvalue weighted by Crippen LogP contribution is 2.10. The number of aryl methyl sites for hydroxylation is 1. The van der Waals surface area contributed by atoms with Crippen molar-refractivity contribution in [1.82, 2.24) is 9.78 Å². The third kappa shape index (κ3) is 3.09. The van der Waals surface area contributed by atoms with Gasteiger partial charge in [0.1, 0.15) is 5.92 Å². The van der Waals surface area contributed by atoms with Gasteiger partial charge in [0, 0.05) is 13.2 Å². The fraction of sp³-hybridized carbons (Fsp3) is 0.500. The number of amides is 1. The molecule has 15 heavy (non-hydrogen) atoms. The monoisotopic (exact) mass is 206 g/mol. The van der Waals surface area contributed by atoms with Crippen molar-refractivity contribution in [3.8, 4) is 6.07 Å². The lowest BCUT2D eigenvalue weighted by molar-refractivity contribution is -0.118. The van der Waals surface area contributed by atoms with Crippen molar-refractivity contribution in [2.24, 2.45) is 13.0 Å². The van der Waals surface area contributed by atoms with Crippen LogP contribution in [0.3, 0.4) is 0 Å². The minimum atomic E-state index is -0.574. The van der Waals surface area contributed by atoms with Gasteiger partial charge in [-0.15, -0.1) is 0 Å². The van der Waals surface area contributed by atoms with Gasteiger partial charge >= 0.3 is 0 Å². The summed E-state index contributed by atoms with van der Waals surface area (Å²) in [5.41, 5.74) is 0.624. The van der Waals surface area contributed by atoms with Gasteiger partial charge in [-0.3, -0.25) is 9.48 Å². The van der Waals surface area contributed by atoms with Crippen LogP contribution >= 0.6 is 0 Å². The van der Waals surface area contributed by atoms with Crippen molar-refractivity contribution < 1.29 is 4.79 Å². The van der Waals surface area contributed by atoms with Crippen LogP contribution in [0.4, 0.5) is 5.69 Å². The minimum Gasteiger partial charge on any atom is -0.322 e. The standard InChI is InChI=1S/C10H14N4O/c1-3-4-8(5-11)10(15)13-9-6-12-14(2)7-9/h6-8H,3-4H2,1-2H3,(H,13,15). The van der Waals surface area contributed by atoms with E-state index in [9.17, 15) is 4.79 Å². The normalized spacial score (nSPS) is 11.8. The lowest BCUT2D eigenvalue weighted by Gasteiger charge is -2.06. The Bertz CT molecular complexity index is 377. The van der Waals surface area contributed by atoms with Crippen LogP contribution in [0.1, 0.15) is 19.8 Å². The van der Waals surface area contributed by atoms with E-state index in [1.807, 2.05) is 13.0 Å². The summed E-state index contributed by atoms with van der Waals surface area (Å²) in [6.07, 6.45) is 4.65. The van der Waals surface area contributed by atoms with Crippen molar-refractivity contribution >= 4 is 11.6 Å². The summed E-state index contributed by atoms with van der Waals surface area (Å²) < 4.78 is 1.59. The van der Waals surface area contributed by atoms with Gasteiger partial charge in [0.15, 0.2) is 0 Å². The molecule has 1 amide bonds. The highest BCUT2D eigenvalue weighted by Gasteiger charge is 2.16. The molecule has 0 radical (unpaired) electrons. The molecule has 0 aliphatic rings. The second-order valence-electron chi connectivity index (χ2n) is 3.36. The zero-order valence-electron chi connectivity index (χ0n) is 8.90. The molecule has 1 aromatic heterocycles. The molecule has 1 unspecified atom stereocenters. The molecule has 0 bridgehead atoms. The van der Waals surface area contributed by atoms with E-state index in [0.717, 1.165) is 6.42 Å². The van der Waals surface area contributed by atoms with Crippen LogP contribution in [0.25, 0.3) is 0 Å². The molecule has 0 fully saturated rings. The molecule has 0 aromatic carbocycles. The van der Waals surface area contributed by atoms with E-state index in [-0.39, 0.29) is 5.91 Å². The first-order valence-electron chi connectivity index (χ1n) is 4.86. The number of aromatic nitrogens is 2. The first-order valence-corrected chi connectivity index (χ1v) is 4.86. The van der Waals surface area contributed by atoms with Gasteiger partial charge in [0.05, 0.1) is 18.0 Å². The van der Waals surface area contributed by atoms with Crippen LogP contribution in [0.2, 0.25) is 0 Å². The zero-order chi connectivity index (χ0) is 11.3. The SMILES string of the molecule is CCCC(C#N)C(=O)Nc1cnn(C)c1. The zero-order valence-corrected chi connectivity index (χ0v) is 8.90. The maximum absolute atomic E-state index is 11.6. The first-order chi connectivity index (χ1) is 7.17. The predicted molar refractivity (Wildman–Crippen MR) is 55.8 cm³/mol. The van der Waals surface area contributed by atoms with Crippen LogP contribution in [0.5, 0.6) is 0 Å². The van der Waals surface area contributed by atoms with E-state index in [1.165, 1.54) is 0 Å². The lowest BCUT2D eigenvalue weighted by Crippen LogP contribution is -2.21. The topological polar surface area (TPSA) is 70.7 Å². The summed E-state index contributed by atoms with van der Waals surface area (Å²) >= 11 is 0. The number of nitriles is 1. The Kier molecular flexibility index (Phi) is 3.86. The Hall–Kier alpha value is -1.83. The maximum atomic E-state index is 11.6. The van der Waals surface area contributed by atoms with Crippen LogP contribution in [-0.4, -0.2) is 15.7 Å². The molecule has 80 valence electrons. The third-order valence-corrected chi connectivity index (χ3v) is 2.02. The molecule has 0 saturated heterocycles. The van der Waals surface area contributed by atoms with Gasteiger partial charge in [-0.25, -0.2) is 0 Å². The Labute approximate surface area is 88.7 Å². The molecule has 1 atom stereocenters. The van der Waals surface area contributed by atoms with Crippen LogP contribution in [0, 0.1) is 17.2 Å². The predicted octanol–water partition coefficient (Wildman–Crippen LogP) is 1.30. The molecule has 1 aromatic rings. The summed E-state index contributed by atoms with van der Waals surface area (Å²) in [7, 11) is 1.77. The summed E-state index contributed by atoms with van der Waals surface area (Å²) in [6.45, 7) is 1.95. The average Bonchev–Trinajstić information content (AvgIpc) is 2.60. The highest BCUT2D eigenvalue weighted by atomic mass is 16.1. The van der Waals surface area contributed by atoms with Crippen molar-refractivity contribution in [3.05, 3.63) is 12.4 Å². The minimum absolute atomic E-state index is 0.257. The van der Waals surface area contributed by atoms with Gasteiger partial charge in [-0.2, -0.15) is 10.4 Å². The first kappa shape index (κ1) is 11.2. The molecule has 0 aliphatic carbocycles. The van der Waals surface area contributed by atoms with E-state index in [4.69, 9.17) is 5.26 Å². The Morgan fingerprint density at radius 1 is 1.80 bits per heavy atom. The average molecular weight is 206 g/mol. The van der Waals surface area contributed by atoms with E-state index in [1.54, 1.807) is 24.1 Å². The van der Waals surface area contributed by atoms with E-state index in [0.29, 0.717) is 12.1 Å². The van der Waals surface area contributed by atoms with Gasteiger partial charge in [-0.1, -0.05) is 13.3 Å². The maximum Gasteiger partial charge on any atom is 0.241 e. The fourth-order valence-corrected chi connectivity index (χ4v) is 1.26. The summed E-state index contributed by atoms with van der Waals surface area (Å²) in [4.78, 5) is 11.6. The molecular weight excluding hydrogens is 192 g/mol. The molecule has 1 rings (SSSR count). The summed E-state index contributed by atoms with van der Waals surface area (Å²) in [6, 6.07) is 1.99. The van der Waals surface area contributed by atoms with Gasteiger partial charge in [0.25, 0.3) is 0 Å². The molecule has 1 N–H and O–H groups in total. The molecule has 5 nitrogen and oxygen atoms in total. The number of hydrogen-bond acceptors (Lipinski definition) is 3. The number of rotatable bonds is 4. The second-order valence-corrected chi connectivity index (χ2v) is 3.36. The summed E-state index contributed by atoms with van der Waals surface area (Å²) in [5, 5.41) is 15.4. The number of anilines is 1. The van der Waals surface area contributed by atoms with Crippen molar-refractivity contribution in [2.75, 3.05) is 5.32 Å². The van der Waals surface area contributed by atoms with E-state index >= 15 is 0 Å². The van der Waals surface area contributed by atoms with Gasteiger partial charge < -0.3 is 5.32 Å². The lowest BCUT2D eigenvalue weighted by atomic mass is 10.1. The van der Waals surface area contributed by atoms with E-state index < -0.39 is 5.92 Å². The van der Waals surface area contributed by atoms with E-state index in [2.05, 4.69) is 10.4 Å². The Morgan fingerprint density at radius 2 is 2.53 bits per heavy atom. The van der Waals surface area contributed by atoms with Crippen molar-refractivity contribution in [3.63, 3.8) is 0 Å². The number of hydrogen-bond donors (Lipinski definition) is 1. The van der Waals surface area contributed by atoms with Crippen LogP contribution in [0.15, 0.2) is 12.4 Å². The molecule has 0 spiro atoms. The second kappa shape index (κ2) is 5.15. The summed E-state index contributed by atoms with van der Waals surface area (Å²) in [5.74, 6) is -0.831.